The summed E-state index contributed by atoms with van der Waals surface area (Å²) in [5.74, 6) is 0.582. The van der Waals surface area contributed by atoms with Crippen LogP contribution in [0.1, 0.15) is 6.42 Å². The smallest absolute Gasteiger partial charge is 0.217 e. The van der Waals surface area contributed by atoms with Gasteiger partial charge in [0, 0.05) is 6.07 Å². The lowest BCUT2D eigenvalue weighted by Gasteiger charge is -2.01. The molecule has 1 aromatic heterocycles. The van der Waals surface area contributed by atoms with Crippen molar-refractivity contribution in [3.63, 3.8) is 0 Å². The molecule has 0 saturated carbocycles. The molecular formula is C8H9BrN2O. The van der Waals surface area contributed by atoms with Crippen molar-refractivity contribution in [2.45, 2.75) is 6.42 Å². The third-order valence-electron chi connectivity index (χ3n) is 1.18. The first kappa shape index (κ1) is 9.19. The zero-order valence-electron chi connectivity index (χ0n) is 6.53. The van der Waals surface area contributed by atoms with Crippen molar-refractivity contribution in [1.29, 1.82) is 0 Å². The molecule has 3 nitrogen and oxygen atoms in total. The minimum Gasteiger partial charge on any atom is -0.477 e. The second-order valence-corrected chi connectivity index (χ2v) is 2.92. The standard InChI is InChI=1S/C8H9BrN2O/c1-2-3-4-12-8-5-7(9)10-6-11-8/h2,5-6H,1,3-4H2. The fraction of sp³-hybridized carbons (Fsp3) is 0.250. The van der Waals surface area contributed by atoms with Crippen molar-refractivity contribution in [2.75, 3.05) is 6.61 Å². The van der Waals surface area contributed by atoms with E-state index in [9.17, 15) is 0 Å². The first-order valence-corrected chi connectivity index (χ1v) is 4.33. The van der Waals surface area contributed by atoms with Crippen LogP contribution in [-0.2, 0) is 0 Å². The highest BCUT2D eigenvalue weighted by molar-refractivity contribution is 9.10. The normalized spacial score (nSPS) is 9.42. The molecule has 1 rings (SSSR count). The molecule has 64 valence electrons. The van der Waals surface area contributed by atoms with Crippen molar-refractivity contribution < 1.29 is 4.74 Å². The molecule has 0 amide bonds. The van der Waals surface area contributed by atoms with E-state index in [1.807, 2.05) is 0 Å². The Hall–Kier alpha value is -0.900. The van der Waals surface area contributed by atoms with Crippen LogP contribution in [0.15, 0.2) is 29.7 Å². The molecule has 4 heteroatoms. The average molecular weight is 229 g/mol. The van der Waals surface area contributed by atoms with Crippen LogP contribution in [0, 0.1) is 0 Å². The van der Waals surface area contributed by atoms with E-state index < -0.39 is 0 Å². The molecule has 1 aromatic rings. The lowest BCUT2D eigenvalue weighted by Crippen LogP contribution is -1.97. The van der Waals surface area contributed by atoms with E-state index in [0.29, 0.717) is 12.5 Å². The van der Waals surface area contributed by atoms with Gasteiger partial charge in [0.15, 0.2) is 0 Å². The highest BCUT2D eigenvalue weighted by Crippen LogP contribution is 2.11. The molecule has 0 unspecified atom stereocenters. The van der Waals surface area contributed by atoms with Gasteiger partial charge in [0.25, 0.3) is 0 Å². The molecule has 0 radical (unpaired) electrons. The van der Waals surface area contributed by atoms with E-state index >= 15 is 0 Å². The van der Waals surface area contributed by atoms with Gasteiger partial charge in [-0.1, -0.05) is 6.08 Å². The maximum absolute atomic E-state index is 5.27. The highest BCUT2D eigenvalue weighted by Gasteiger charge is 1.94. The summed E-state index contributed by atoms with van der Waals surface area (Å²) in [5.41, 5.74) is 0. The molecule has 0 aliphatic carbocycles. The summed E-state index contributed by atoms with van der Waals surface area (Å²) in [6.45, 7) is 4.19. The van der Waals surface area contributed by atoms with Crippen molar-refractivity contribution in [3.05, 3.63) is 29.7 Å². The zero-order valence-corrected chi connectivity index (χ0v) is 8.12. The van der Waals surface area contributed by atoms with Crippen LogP contribution in [0.2, 0.25) is 0 Å². The summed E-state index contributed by atoms with van der Waals surface area (Å²) in [4.78, 5) is 7.79. The van der Waals surface area contributed by atoms with Gasteiger partial charge in [-0.05, 0) is 22.4 Å². The van der Waals surface area contributed by atoms with Gasteiger partial charge in [-0.3, -0.25) is 0 Å². The molecule has 0 aliphatic heterocycles. The largest absolute Gasteiger partial charge is 0.477 e. The molecule has 0 atom stereocenters. The Labute approximate surface area is 79.6 Å². The van der Waals surface area contributed by atoms with Crippen LogP contribution in [0.4, 0.5) is 0 Å². The van der Waals surface area contributed by atoms with Crippen LogP contribution < -0.4 is 4.74 Å². The van der Waals surface area contributed by atoms with Crippen LogP contribution in [0.25, 0.3) is 0 Å². The Kier molecular flexibility index (Phi) is 3.73. The predicted molar refractivity (Wildman–Crippen MR) is 50.0 cm³/mol. The van der Waals surface area contributed by atoms with Crippen molar-refractivity contribution in [3.8, 4) is 5.88 Å². The molecule has 0 N–H and O–H groups in total. The summed E-state index contributed by atoms with van der Waals surface area (Å²) in [7, 11) is 0. The Bertz CT molecular complexity index is 265. The molecule has 0 fully saturated rings. The predicted octanol–water partition coefficient (Wildman–Crippen LogP) is 2.19. The topological polar surface area (TPSA) is 35.0 Å². The Balaban J connectivity index is 2.46. The maximum atomic E-state index is 5.27. The van der Waals surface area contributed by atoms with Gasteiger partial charge in [0.2, 0.25) is 5.88 Å². The van der Waals surface area contributed by atoms with Gasteiger partial charge in [0.05, 0.1) is 6.61 Å². The van der Waals surface area contributed by atoms with Crippen LogP contribution in [0.5, 0.6) is 5.88 Å². The number of halogens is 1. The van der Waals surface area contributed by atoms with Crippen molar-refractivity contribution >= 4 is 15.9 Å². The van der Waals surface area contributed by atoms with Crippen LogP contribution >= 0.6 is 15.9 Å². The summed E-state index contributed by atoms with van der Waals surface area (Å²) >= 11 is 3.22. The molecule has 0 spiro atoms. The average Bonchev–Trinajstić information content (AvgIpc) is 2.05. The number of hydrogen-bond donors (Lipinski definition) is 0. The second kappa shape index (κ2) is 4.87. The van der Waals surface area contributed by atoms with E-state index in [4.69, 9.17) is 4.74 Å². The quantitative estimate of drug-likeness (QED) is 0.451. The van der Waals surface area contributed by atoms with Gasteiger partial charge in [-0.15, -0.1) is 6.58 Å². The van der Waals surface area contributed by atoms with Crippen molar-refractivity contribution in [2.24, 2.45) is 0 Å². The molecule has 1 heterocycles. The van der Waals surface area contributed by atoms with E-state index in [2.05, 4.69) is 32.5 Å². The van der Waals surface area contributed by atoms with Gasteiger partial charge in [-0.25, -0.2) is 9.97 Å². The molecule has 12 heavy (non-hydrogen) atoms. The second-order valence-electron chi connectivity index (χ2n) is 2.10. The third kappa shape index (κ3) is 3.00. The minimum atomic E-state index is 0.582. The van der Waals surface area contributed by atoms with Crippen LogP contribution in [0.3, 0.4) is 0 Å². The number of ether oxygens (including phenoxy) is 1. The SMILES string of the molecule is C=CCCOc1cc(Br)ncn1. The fourth-order valence-corrected chi connectivity index (χ4v) is 0.931. The lowest BCUT2D eigenvalue weighted by molar-refractivity contribution is 0.311. The summed E-state index contributed by atoms with van der Waals surface area (Å²) in [6.07, 6.45) is 4.07. The number of aromatic nitrogens is 2. The number of rotatable bonds is 4. The maximum Gasteiger partial charge on any atom is 0.217 e. The molecule has 0 aromatic carbocycles. The molecule has 0 bridgehead atoms. The van der Waals surface area contributed by atoms with E-state index in [-0.39, 0.29) is 0 Å². The Morgan fingerprint density at radius 1 is 1.58 bits per heavy atom. The monoisotopic (exact) mass is 228 g/mol. The number of hydrogen-bond acceptors (Lipinski definition) is 3. The van der Waals surface area contributed by atoms with Gasteiger partial charge in [-0.2, -0.15) is 0 Å². The lowest BCUT2D eigenvalue weighted by atomic mass is 10.4. The molecule has 0 aliphatic rings. The molecular weight excluding hydrogens is 220 g/mol. The summed E-state index contributed by atoms with van der Waals surface area (Å²) < 4.78 is 6.00. The summed E-state index contributed by atoms with van der Waals surface area (Å²) in [5, 5.41) is 0. The van der Waals surface area contributed by atoms with Gasteiger partial charge >= 0.3 is 0 Å². The first-order chi connectivity index (χ1) is 5.83. The van der Waals surface area contributed by atoms with Crippen molar-refractivity contribution in [1.82, 2.24) is 9.97 Å². The van der Waals surface area contributed by atoms with E-state index in [0.717, 1.165) is 11.0 Å². The fourth-order valence-electron chi connectivity index (χ4n) is 0.643. The zero-order chi connectivity index (χ0) is 8.81. The van der Waals surface area contributed by atoms with Gasteiger partial charge < -0.3 is 4.74 Å². The number of nitrogens with zero attached hydrogens (tertiary/aromatic N) is 2. The van der Waals surface area contributed by atoms with Gasteiger partial charge in [0.1, 0.15) is 10.9 Å². The summed E-state index contributed by atoms with van der Waals surface area (Å²) in [6, 6.07) is 1.73. The third-order valence-corrected chi connectivity index (χ3v) is 1.61. The highest BCUT2D eigenvalue weighted by atomic mass is 79.9. The van der Waals surface area contributed by atoms with Crippen LogP contribution in [-0.4, -0.2) is 16.6 Å². The molecule has 0 saturated heterocycles. The minimum absolute atomic E-state index is 0.582. The first-order valence-electron chi connectivity index (χ1n) is 3.54. The van der Waals surface area contributed by atoms with E-state index in [1.165, 1.54) is 6.33 Å². The Morgan fingerprint density at radius 3 is 3.08 bits per heavy atom. The Morgan fingerprint density at radius 2 is 2.42 bits per heavy atom. The van der Waals surface area contributed by atoms with E-state index in [1.54, 1.807) is 12.1 Å².